The van der Waals surface area contributed by atoms with Crippen LogP contribution in [-0.2, 0) is 22.6 Å². The second-order valence-corrected chi connectivity index (χ2v) is 8.20. The maximum atomic E-state index is 12.6. The fraction of sp³-hybridized carbons (Fsp3) is 0.400. The summed E-state index contributed by atoms with van der Waals surface area (Å²) < 4.78 is 0. The number of aliphatic imine (C=N–C) groups is 1. The largest absolute Gasteiger partial charge is 0.356 e. The second-order valence-electron chi connectivity index (χ2n) is 8.20. The number of anilines is 2. The molecule has 0 unspecified atom stereocenters. The zero-order valence-corrected chi connectivity index (χ0v) is 18.6. The van der Waals surface area contributed by atoms with E-state index in [4.69, 9.17) is 0 Å². The Bertz CT molecular complexity index is 986. The van der Waals surface area contributed by atoms with Gasteiger partial charge < -0.3 is 20.4 Å². The van der Waals surface area contributed by atoms with Gasteiger partial charge in [0, 0.05) is 57.4 Å². The first kappa shape index (κ1) is 21.9. The summed E-state index contributed by atoms with van der Waals surface area (Å²) in [4.78, 5) is 32.5. The Kier molecular flexibility index (Phi) is 7.04. The molecule has 7 nitrogen and oxygen atoms in total. The number of amides is 2. The number of fused-ring (bicyclic) bond motifs is 1. The Morgan fingerprint density at radius 2 is 1.84 bits per heavy atom. The highest BCUT2D eigenvalue weighted by Crippen LogP contribution is 2.28. The number of guanidine groups is 1. The third-order valence-corrected chi connectivity index (χ3v) is 6.05. The van der Waals surface area contributed by atoms with Crippen LogP contribution >= 0.6 is 0 Å². The number of carbonyl (C=O) groups is 2. The molecule has 0 atom stereocenters. The summed E-state index contributed by atoms with van der Waals surface area (Å²) in [6, 6.07) is 16.2. The van der Waals surface area contributed by atoms with Crippen LogP contribution in [0.3, 0.4) is 0 Å². The average Bonchev–Trinajstić information content (AvgIpc) is 3.45. The molecular weight excluding hydrogens is 402 g/mol. The molecule has 0 bridgehead atoms. The molecule has 4 rings (SSSR count). The molecule has 0 spiro atoms. The number of carbonyl (C=O) groups excluding carboxylic acids is 2. The van der Waals surface area contributed by atoms with E-state index in [2.05, 4.69) is 21.7 Å². The Hall–Kier alpha value is -3.35. The summed E-state index contributed by atoms with van der Waals surface area (Å²) in [5.41, 5.74) is 4.39. The third kappa shape index (κ3) is 5.10. The van der Waals surface area contributed by atoms with Crippen molar-refractivity contribution in [1.29, 1.82) is 0 Å². The fourth-order valence-electron chi connectivity index (χ4n) is 4.30. The number of hydrogen-bond donors (Lipinski definition) is 2. The Labute approximate surface area is 189 Å². The van der Waals surface area contributed by atoms with Crippen molar-refractivity contribution >= 4 is 29.1 Å². The number of para-hydroxylation sites is 1. The summed E-state index contributed by atoms with van der Waals surface area (Å²) in [7, 11) is 1.74. The zero-order valence-electron chi connectivity index (χ0n) is 18.6. The molecule has 2 amide bonds. The molecule has 2 aliphatic rings. The first-order chi connectivity index (χ1) is 15.7. The smallest absolute Gasteiger partial charge is 0.227 e. The lowest BCUT2D eigenvalue weighted by Crippen LogP contribution is -2.38. The predicted octanol–water partition coefficient (Wildman–Crippen LogP) is 2.85. The van der Waals surface area contributed by atoms with Crippen LogP contribution in [0.25, 0.3) is 0 Å². The van der Waals surface area contributed by atoms with E-state index >= 15 is 0 Å². The lowest BCUT2D eigenvalue weighted by atomic mass is 10.2. The SMILES string of the molecule is CN=C(NCCCC(=O)N1CCc2ccccc21)NCc1ccc(N2CCCC2=O)cc1. The van der Waals surface area contributed by atoms with Crippen molar-refractivity contribution in [1.82, 2.24) is 10.6 Å². The van der Waals surface area contributed by atoms with Gasteiger partial charge in [0.05, 0.1) is 0 Å². The molecule has 32 heavy (non-hydrogen) atoms. The van der Waals surface area contributed by atoms with Gasteiger partial charge in [0.2, 0.25) is 11.8 Å². The molecule has 2 aliphatic heterocycles. The first-order valence-corrected chi connectivity index (χ1v) is 11.4. The van der Waals surface area contributed by atoms with Gasteiger partial charge in [-0.2, -0.15) is 0 Å². The second kappa shape index (κ2) is 10.3. The van der Waals surface area contributed by atoms with Crippen LogP contribution in [0, 0.1) is 0 Å². The molecular formula is C25H31N5O2. The maximum absolute atomic E-state index is 12.6. The average molecular weight is 434 g/mol. The molecule has 0 radical (unpaired) electrons. The highest BCUT2D eigenvalue weighted by molar-refractivity contribution is 5.96. The number of nitrogens with zero attached hydrogens (tertiary/aromatic N) is 3. The van der Waals surface area contributed by atoms with E-state index in [0.717, 1.165) is 49.3 Å². The standard InChI is InChI=1S/C25H31N5O2/c1-26-25(28-18-19-10-12-21(13-11-19)29-16-5-9-23(29)31)27-15-4-8-24(32)30-17-14-20-6-2-3-7-22(20)30/h2-3,6-7,10-13H,4-5,8-9,14-18H2,1H3,(H2,26,27,28). The number of rotatable bonds is 7. The Balaban J connectivity index is 1.18. The topological polar surface area (TPSA) is 77.0 Å². The van der Waals surface area contributed by atoms with Crippen LogP contribution in [-0.4, -0.2) is 44.5 Å². The van der Waals surface area contributed by atoms with Gasteiger partial charge >= 0.3 is 0 Å². The van der Waals surface area contributed by atoms with Gasteiger partial charge in [-0.3, -0.25) is 14.6 Å². The van der Waals surface area contributed by atoms with Crippen LogP contribution in [0.5, 0.6) is 0 Å². The van der Waals surface area contributed by atoms with Crippen LogP contribution in [0.2, 0.25) is 0 Å². The van der Waals surface area contributed by atoms with Crippen molar-refractivity contribution in [2.75, 3.05) is 36.5 Å². The number of hydrogen-bond acceptors (Lipinski definition) is 3. The highest BCUT2D eigenvalue weighted by Gasteiger charge is 2.23. The Morgan fingerprint density at radius 1 is 1.03 bits per heavy atom. The van der Waals surface area contributed by atoms with Crippen molar-refractivity contribution in [3.8, 4) is 0 Å². The van der Waals surface area contributed by atoms with E-state index in [-0.39, 0.29) is 11.8 Å². The van der Waals surface area contributed by atoms with Crippen LogP contribution in [0.1, 0.15) is 36.8 Å². The molecule has 2 aromatic rings. The third-order valence-electron chi connectivity index (χ3n) is 6.05. The molecule has 1 saturated heterocycles. The molecule has 0 saturated carbocycles. The highest BCUT2D eigenvalue weighted by atomic mass is 16.2. The molecule has 2 N–H and O–H groups in total. The Morgan fingerprint density at radius 3 is 2.59 bits per heavy atom. The quantitative estimate of drug-likeness (QED) is 0.400. The van der Waals surface area contributed by atoms with Crippen molar-refractivity contribution in [2.24, 2.45) is 4.99 Å². The van der Waals surface area contributed by atoms with Crippen LogP contribution in [0.4, 0.5) is 11.4 Å². The molecule has 2 heterocycles. The van der Waals surface area contributed by atoms with Crippen molar-refractivity contribution in [3.05, 3.63) is 59.7 Å². The summed E-state index contributed by atoms with van der Waals surface area (Å²) in [6.45, 7) is 2.90. The van der Waals surface area contributed by atoms with E-state index in [1.165, 1.54) is 5.56 Å². The van der Waals surface area contributed by atoms with Crippen molar-refractivity contribution in [3.63, 3.8) is 0 Å². The van der Waals surface area contributed by atoms with Crippen LogP contribution in [0.15, 0.2) is 53.5 Å². The zero-order chi connectivity index (χ0) is 22.3. The minimum atomic E-state index is 0.177. The van der Waals surface area contributed by atoms with Crippen molar-refractivity contribution < 1.29 is 9.59 Å². The van der Waals surface area contributed by atoms with Crippen molar-refractivity contribution in [2.45, 2.75) is 38.6 Å². The van der Waals surface area contributed by atoms with E-state index < -0.39 is 0 Å². The van der Waals surface area contributed by atoms with E-state index in [1.807, 2.05) is 52.3 Å². The molecule has 2 aromatic carbocycles. The predicted molar refractivity (Wildman–Crippen MR) is 128 cm³/mol. The van der Waals surface area contributed by atoms with E-state index in [0.29, 0.717) is 31.9 Å². The lowest BCUT2D eigenvalue weighted by molar-refractivity contribution is -0.118. The van der Waals surface area contributed by atoms with Gasteiger partial charge in [0.15, 0.2) is 5.96 Å². The van der Waals surface area contributed by atoms with E-state index in [1.54, 1.807) is 7.05 Å². The van der Waals surface area contributed by atoms with Gasteiger partial charge in [-0.25, -0.2) is 0 Å². The molecule has 7 heteroatoms. The number of benzene rings is 2. The maximum Gasteiger partial charge on any atom is 0.227 e. The van der Waals surface area contributed by atoms with Gasteiger partial charge in [0.1, 0.15) is 0 Å². The van der Waals surface area contributed by atoms with E-state index in [9.17, 15) is 9.59 Å². The molecule has 0 aromatic heterocycles. The minimum Gasteiger partial charge on any atom is -0.356 e. The molecule has 0 aliphatic carbocycles. The number of nitrogens with one attached hydrogen (secondary N) is 2. The van der Waals surface area contributed by atoms with Gasteiger partial charge in [-0.1, -0.05) is 30.3 Å². The summed E-state index contributed by atoms with van der Waals surface area (Å²) >= 11 is 0. The first-order valence-electron chi connectivity index (χ1n) is 11.4. The summed E-state index contributed by atoms with van der Waals surface area (Å²) in [6.07, 6.45) is 3.76. The summed E-state index contributed by atoms with van der Waals surface area (Å²) in [5, 5.41) is 6.58. The normalized spacial score (nSPS) is 15.8. The lowest BCUT2D eigenvalue weighted by Gasteiger charge is -2.18. The monoisotopic (exact) mass is 433 g/mol. The van der Waals surface area contributed by atoms with Gasteiger partial charge in [-0.15, -0.1) is 0 Å². The van der Waals surface area contributed by atoms with Gasteiger partial charge in [-0.05, 0) is 48.6 Å². The molecule has 168 valence electrons. The summed E-state index contributed by atoms with van der Waals surface area (Å²) in [5.74, 6) is 1.09. The van der Waals surface area contributed by atoms with Gasteiger partial charge in [0.25, 0.3) is 0 Å². The van der Waals surface area contributed by atoms with Crippen LogP contribution < -0.4 is 20.4 Å². The minimum absolute atomic E-state index is 0.177. The molecule has 1 fully saturated rings. The fourth-order valence-corrected chi connectivity index (χ4v) is 4.30.